The van der Waals surface area contributed by atoms with Crippen molar-refractivity contribution in [3.8, 4) is 0 Å². The smallest absolute Gasteiger partial charge is 0.475 e. The molecule has 0 fully saturated rings. The van der Waals surface area contributed by atoms with Crippen molar-refractivity contribution >= 4 is 33.9 Å². The Morgan fingerprint density at radius 1 is 1.14 bits per heavy atom. The first-order chi connectivity index (χ1) is 9.77. The number of aliphatic carboxylic acids is 1. The van der Waals surface area contributed by atoms with Gasteiger partial charge >= 0.3 is 12.1 Å². The molecule has 2 rings (SSSR count). The highest BCUT2D eigenvalue weighted by molar-refractivity contribution is 7.80. The van der Waals surface area contributed by atoms with Gasteiger partial charge in [0.05, 0.1) is 0 Å². The zero-order valence-electron chi connectivity index (χ0n) is 10.5. The number of benzene rings is 2. The van der Waals surface area contributed by atoms with Gasteiger partial charge in [0, 0.05) is 5.56 Å². The van der Waals surface area contributed by atoms with E-state index < -0.39 is 12.1 Å². The van der Waals surface area contributed by atoms with Gasteiger partial charge in [0.1, 0.15) is 4.99 Å². The molecule has 0 aliphatic carbocycles. The summed E-state index contributed by atoms with van der Waals surface area (Å²) in [6.07, 6.45) is -5.08. The van der Waals surface area contributed by atoms with Crippen LogP contribution in [0.5, 0.6) is 0 Å². The number of hydrazine groups is 1. The molecule has 0 unspecified atom stereocenters. The van der Waals surface area contributed by atoms with Crippen molar-refractivity contribution in [1.82, 2.24) is 5.43 Å². The number of carboxylic acid groups (broad SMARTS) is 1. The first-order valence-corrected chi connectivity index (χ1v) is 5.97. The Bertz CT molecular complexity index is 654. The molecule has 4 nitrogen and oxygen atoms in total. The second-order valence-electron chi connectivity index (χ2n) is 3.80. The molecule has 2 aromatic carbocycles. The van der Waals surface area contributed by atoms with E-state index in [1.54, 1.807) is 0 Å². The van der Waals surface area contributed by atoms with Crippen molar-refractivity contribution in [3.63, 3.8) is 0 Å². The number of halogens is 3. The second kappa shape index (κ2) is 7.00. The van der Waals surface area contributed by atoms with Gasteiger partial charge in [-0.05, 0) is 10.8 Å². The Morgan fingerprint density at radius 2 is 1.67 bits per heavy atom. The molecule has 0 aliphatic rings. The number of thiocarbonyl (C=S) groups is 1. The van der Waals surface area contributed by atoms with Crippen molar-refractivity contribution < 1.29 is 23.1 Å². The molecular formula is C13H11F3N2O2S. The molecule has 21 heavy (non-hydrogen) atoms. The van der Waals surface area contributed by atoms with Gasteiger partial charge in [-0.25, -0.2) is 10.6 Å². The Kier molecular flexibility index (Phi) is 5.62. The van der Waals surface area contributed by atoms with E-state index in [9.17, 15) is 13.2 Å². The normalized spacial score (nSPS) is 10.5. The van der Waals surface area contributed by atoms with E-state index in [1.807, 2.05) is 30.3 Å². The number of nitrogens with two attached hydrogens (primary N) is 1. The molecule has 0 heterocycles. The standard InChI is InChI=1S/C11H10N2S.C2HF3O2/c12-13-11(14)10-7-3-5-8-4-1-2-6-9(8)10;3-2(4,5)1(6)7/h1-7H,12H2,(H,13,14);(H,6,7). The minimum atomic E-state index is -5.08. The van der Waals surface area contributed by atoms with Gasteiger partial charge in [-0.2, -0.15) is 13.2 Å². The third-order valence-corrected chi connectivity index (χ3v) is 2.75. The van der Waals surface area contributed by atoms with Crippen LogP contribution in [0.1, 0.15) is 5.56 Å². The lowest BCUT2D eigenvalue weighted by atomic mass is 10.0. The van der Waals surface area contributed by atoms with E-state index >= 15 is 0 Å². The van der Waals surface area contributed by atoms with Gasteiger partial charge in [0.25, 0.3) is 0 Å². The number of rotatable bonds is 1. The van der Waals surface area contributed by atoms with Crippen LogP contribution in [-0.4, -0.2) is 22.2 Å². The van der Waals surface area contributed by atoms with Crippen LogP contribution in [-0.2, 0) is 4.79 Å². The average molecular weight is 316 g/mol. The fraction of sp³-hybridized carbons (Fsp3) is 0.0769. The largest absolute Gasteiger partial charge is 0.490 e. The van der Waals surface area contributed by atoms with Gasteiger partial charge in [0.15, 0.2) is 0 Å². The minimum Gasteiger partial charge on any atom is -0.475 e. The van der Waals surface area contributed by atoms with Crippen LogP contribution in [0.2, 0.25) is 0 Å². The van der Waals surface area contributed by atoms with Gasteiger partial charge < -0.3 is 10.5 Å². The topological polar surface area (TPSA) is 75.3 Å². The quantitative estimate of drug-likeness (QED) is 0.428. The fourth-order valence-corrected chi connectivity index (χ4v) is 1.68. The molecule has 8 heteroatoms. The maximum atomic E-state index is 10.6. The number of hydrogen-bond acceptors (Lipinski definition) is 3. The molecule has 2 aromatic rings. The lowest BCUT2D eigenvalue weighted by molar-refractivity contribution is -0.192. The van der Waals surface area contributed by atoms with E-state index in [-0.39, 0.29) is 0 Å². The van der Waals surface area contributed by atoms with E-state index in [2.05, 4.69) is 17.6 Å². The maximum Gasteiger partial charge on any atom is 0.490 e. The van der Waals surface area contributed by atoms with Crippen molar-refractivity contribution in [3.05, 3.63) is 48.0 Å². The molecule has 0 amide bonds. The highest BCUT2D eigenvalue weighted by atomic mass is 32.1. The third-order valence-electron chi connectivity index (χ3n) is 2.41. The van der Waals surface area contributed by atoms with Crippen molar-refractivity contribution in [2.45, 2.75) is 6.18 Å². The number of carbonyl (C=O) groups is 1. The van der Waals surface area contributed by atoms with E-state index in [0.717, 1.165) is 10.9 Å². The van der Waals surface area contributed by atoms with E-state index in [4.69, 9.17) is 28.0 Å². The molecule has 112 valence electrons. The summed E-state index contributed by atoms with van der Waals surface area (Å²) in [5, 5.41) is 9.42. The number of nitrogens with one attached hydrogen (secondary N) is 1. The molecule has 4 N–H and O–H groups in total. The maximum absolute atomic E-state index is 10.6. The Morgan fingerprint density at radius 3 is 2.19 bits per heavy atom. The van der Waals surface area contributed by atoms with Crippen LogP contribution in [0.25, 0.3) is 10.8 Å². The zero-order valence-corrected chi connectivity index (χ0v) is 11.3. The number of hydrogen-bond donors (Lipinski definition) is 3. The highest BCUT2D eigenvalue weighted by Gasteiger charge is 2.38. The monoisotopic (exact) mass is 316 g/mol. The lowest BCUT2D eigenvalue weighted by Crippen LogP contribution is -2.29. The summed E-state index contributed by atoms with van der Waals surface area (Å²) in [5.74, 6) is 2.55. The molecule has 0 bridgehead atoms. The Balaban J connectivity index is 0.000000270. The van der Waals surface area contributed by atoms with Gasteiger partial charge in [-0.1, -0.05) is 54.7 Å². The number of fused-ring (bicyclic) bond motifs is 1. The summed E-state index contributed by atoms with van der Waals surface area (Å²) in [4.78, 5) is 9.47. The highest BCUT2D eigenvalue weighted by Crippen LogP contribution is 2.18. The van der Waals surface area contributed by atoms with Gasteiger partial charge in [0.2, 0.25) is 0 Å². The SMILES string of the molecule is NNC(=S)c1cccc2ccccc12.O=C(O)C(F)(F)F. The molecular weight excluding hydrogens is 305 g/mol. The number of carboxylic acids is 1. The predicted octanol–water partition coefficient (Wildman–Crippen LogP) is 2.61. The Hall–Kier alpha value is -2.19. The minimum absolute atomic E-state index is 0.571. The summed E-state index contributed by atoms with van der Waals surface area (Å²) in [6, 6.07) is 14.1. The molecule has 0 atom stereocenters. The Labute approximate surface area is 123 Å². The lowest BCUT2D eigenvalue weighted by Gasteiger charge is -2.06. The van der Waals surface area contributed by atoms with Crippen LogP contribution >= 0.6 is 12.2 Å². The molecule has 0 spiro atoms. The summed E-state index contributed by atoms with van der Waals surface area (Å²) < 4.78 is 31.7. The molecule has 0 aromatic heterocycles. The second-order valence-corrected chi connectivity index (χ2v) is 4.21. The van der Waals surface area contributed by atoms with E-state index in [0.29, 0.717) is 4.99 Å². The third kappa shape index (κ3) is 4.69. The average Bonchev–Trinajstić information content (AvgIpc) is 2.45. The first kappa shape index (κ1) is 16.9. The predicted molar refractivity (Wildman–Crippen MR) is 76.7 cm³/mol. The van der Waals surface area contributed by atoms with Crippen LogP contribution < -0.4 is 11.3 Å². The molecule has 0 radical (unpaired) electrons. The number of alkyl halides is 3. The fourth-order valence-electron chi connectivity index (χ4n) is 1.50. The summed E-state index contributed by atoms with van der Waals surface area (Å²) >= 11 is 5.11. The van der Waals surface area contributed by atoms with Crippen LogP contribution in [0.15, 0.2) is 42.5 Å². The molecule has 0 aliphatic heterocycles. The summed E-state index contributed by atoms with van der Waals surface area (Å²) in [7, 11) is 0. The zero-order chi connectivity index (χ0) is 16.0. The molecule has 0 saturated carbocycles. The van der Waals surface area contributed by atoms with Crippen molar-refractivity contribution in [2.24, 2.45) is 5.84 Å². The van der Waals surface area contributed by atoms with E-state index in [1.165, 1.54) is 5.39 Å². The first-order valence-electron chi connectivity index (χ1n) is 5.56. The van der Waals surface area contributed by atoms with Crippen molar-refractivity contribution in [1.29, 1.82) is 0 Å². The summed E-state index contributed by atoms with van der Waals surface area (Å²) in [5.41, 5.74) is 3.48. The van der Waals surface area contributed by atoms with Gasteiger partial charge in [-0.3, -0.25) is 0 Å². The van der Waals surface area contributed by atoms with Crippen LogP contribution in [0, 0.1) is 0 Å². The van der Waals surface area contributed by atoms with Crippen LogP contribution in [0.4, 0.5) is 13.2 Å². The molecule has 0 saturated heterocycles. The van der Waals surface area contributed by atoms with Crippen molar-refractivity contribution in [2.75, 3.05) is 0 Å². The summed E-state index contributed by atoms with van der Waals surface area (Å²) in [6.45, 7) is 0. The van der Waals surface area contributed by atoms with Gasteiger partial charge in [-0.15, -0.1) is 0 Å². The van der Waals surface area contributed by atoms with Crippen LogP contribution in [0.3, 0.4) is 0 Å².